The molecule has 1 aliphatic rings. The summed E-state index contributed by atoms with van der Waals surface area (Å²) in [5, 5.41) is 14.7. The average Bonchev–Trinajstić information content (AvgIpc) is 2.98. The van der Waals surface area contributed by atoms with Gasteiger partial charge < -0.3 is 30.1 Å². The molecule has 27 heavy (non-hydrogen) atoms. The number of hydrogen-bond donors (Lipinski definition) is 3. The van der Waals surface area contributed by atoms with Crippen LogP contribution in [0.5, 0.6) is 0 Å². The summed E-state index contributed by atoms with van der Waals surface area (Å²) in [6.07, 6.45) is 0. The largest absolute Gasteiger partial charge is 0.466 e. The van der Waals surface area contributed by atoms with Crippen molar-refractivity contribution in [3.05, 3.63) is 41.1 Å². The minimum Gasteiger partial charge on any atom is -0.466 e. The minimum absolute atomic E-state index is 0.0639. The van der Waals surface area contributed by atoms with Gasteiger partial charge in [0.25, 0.3) is 11.8 Å². The number of ether oxygens (including phenoxy) is 2. The highest BCUT2D eigenvalue weighted by Crippen LogP contribution is 2.22. The minimum atomic E-state index is -0.611. The average molecular weight is 377 g/mol. The molecule has 0 spiro atoms. The molecule has 3 N–H and O–H groups in total. The fourth-order valence-corrected chi connectivity index (χ4v) is 2.57. The van der Waals surface area contributed by atoms with E-state index in [2.05, 4.69) is 10.6 Å². The molecule has 0 atom stereocenters. The smallest absolute Gasteiger partial charge is 0.337 e. The Labute approximate surface area is 156 Å². The van der Waals surface area contributed by atoms with E-state index >= 15 is 0 Å². The summed E-state index contributed by atoms with van der Waals surface area (Å²) in [5.41, 5.74) is 1.29. The lowest BCUT2D eigenvalue weighted by atomic mass is 10.1. The highest BCUT2D eigenvalue weighted by molar-refractivity contribution is 6.08. The number of carbonyl (C=O) groups excluding carboxylic acids is 3. The first-order valence-electron chi connectivity index (χ1n) is 8.37. The summed E-state index contributed by atoms with van der Waals surface area (Å²) < 4.78 is 9.61. The molecule has 0 aliphatic carbocycles. The van der Waals surface area contributed by atoms with Crippen LogP contribution in [0.3, 0.4) is 0 Å². The fraction of sp³-hybridized carbons (Fsp3) is 0.389. The van der Waals surface area contributed by atoms with Crippen LogP contribution < -0.4 is 10.6 Å². The maximum absolute atomic E-state index is 12.5. The number of methoxy groups -OCH3 is 2. The zero-order chi connectivity index (χ0) is 19.8. The van der Waals surface area contributed by atoms with Crippen LogP contribution in [-0.2, 0) is 19.1 Å². The first-order valence-corrected chi connectivity index (χ1v) is 8.37. The van der Waals surface area contributed by atoms with Crippen LogP contribution in [0.4, 0.5) is 5.69 Å². The zero-order valence-corrected chi connectivity index (χ0v) is 15.3. The number of benzene rings is 1. The summed E-state index contributed by atoms with van der Waals surface area (Å²) >= 11 is 0. The summed E-state index contributed by atoms with van der Waals surface area (Å²) in [4.78, 5) is 37.8. The van der Waals surface area contributed by atoms with Gasteiger partial charge >= 0.3 is 5.97 Å². The molecule has 9 heteroatoms. The van der Waals surface area contributed by atoms with Crippen LogP contribution in [0.2, 0.25) is 0 Å². The summed E-state index contributed by atoms with van der Waals surface area (Å²) in [7, 11) is 2.79. The molecule has 2 rings (SSSR count). The zero-order valence-electron chi connectivity index (χ0n) is 15.3. The van der Waals surface area contributed by atoms with E-state index in [0.29, 0.717) is 24.4 Å². The van der Waals surface area contributed by atoms with Gasteiger partial charge in [0.15, 0.2) is 0 Å². The number of rotatable bonds is 9. The number of β-amino-alcohol motifs (C(OH)–C–C–N with tert-alkyl or cyclic N) is 1. The number of nitrogens with one attached hydrogen (secondary N) is 2. The van der Waals surface area contributed by atoms with E-state index < -0.39 is 11.9 Å². The van der Waals surface area contributed by atoms with Crippen molar-refractivity contribution in [2.45, 2.75) is 0 Å². The molecule has 9 nitrogen and oxygen atoms in total. The summed E-state index contributed by atoms with van der Waals surface area (Å²) in [6, 6.07) is 6.48. The number of nitrogens with zero attached hydrogens (tertiary/aromatic N) is 1. The maximum Gasteiger partial charge on any atom is 0.337 e. The third-order valence-electron chi connectivity index (χ3n) is 3.96. The number of anilines is 1. The molecule has 0 bridgehead atoms. The molecule has 0 radical (unpaired) electrons. The van der Waals surface area contributed by atoms with Crippen molar-refractivity contribution in [2.24, 2.45) is 0 Å². The molecule has 1 heterocycles. The Kier molecular flexibility index (Phi) is 7.33. The van der Waals surface area contributed by atoms with Crippen LogP contribution in [0, 0.1) is 0 Å². The number of esters is 1. The molecule has 1 aromatic carbocycles. The number of carbonyl (C=O) groups is 3. The molecular formula is C18H23N3O6. The Bertz CT molecular complexity index is 729. The van der Waals surface area contributed by atoms with Crippen LogP contribution in [0.25, 0.3) is 0 Å². The summed E-state index contributed by atoms with van der Waals surface area (Å²) in [6.45, 7) is 0.794. The monoisotopic (exact) mass is 377 g/mol. The van der Waals surface area contributed by atoms with E-state index in [9.17, 15) is 14.4 Å². The Morgan fingerprint density at radius 3 is 2.52 bits per heavy atom. The Morgan fingerprint density at radius 2 is 1.93 bits per heavy atom. The maximum atomic E-state index is 12.5. The topological polar surface area (TPSA) is 117 Å². The van der Waals surface area contributed by atoms with Crippen LogP contribution in [0.15, 0.2) is 35.5 Å². The molecule has 2 amide bonds. The van der Waals surface area contributed by atoms with Crippen LogP contribution in [0.1, 0.15) is 10.4 Å². The quantitative estimate of drug-likeness (QED) is 0.401. The van der Waals surface area contributed by atoms with Gasteiger partial charge in [-0.3, -0.25) is 9.59 Å². The third-order valence-corrected chi connectivity index (χ3v) is 3.96. The first-order chi connectivity index (χ1) is 13.0. The van der Waals surface area contributed by atoms with Crippen molar-refractivity contribution in [3.63, 3.8) is 0 Å². The van der Waals surface area contributed by atoms with Gasteiger partial charge in [0.05, 0.1) is 32.4 Å². The van der Waals surface area contributed by atoms with Gasteiger partial charge in [0.1, 0.15) is 5.70 Å². The van der Waals surface area contributed by atoms with E-state index in [0.717, 1.165) is 0 Å². The molecule has 0 fully saturated rings. The molecular weight excluding hydrogens is 354 g/mol. The van der Waals surface area contributed by atoms with Gasteiger partial charge in [0.2, 0.25) is 0 Å². The van der Waals surface area contributed by atoms with E-state index in [4.69, 9.17) is 14.6 Å². The van der Waals surface area contributed by atoms with Gasteiger partial charge in [-0.15, -0.1) is 0 Å². The molecule has 0 unspecified atom stereocenters. The van der Waals surface area contributed by atoms with E-state index in [1.165, 1.54) is 12.0 Å². The second-order valence-electron chi connectivity index (χ2n) is 5.75. The van der Waals surface area contributed by atoms with E-state index in [1.807, 2.05) is 0 Å². The van der Waals surface area contributed by atoms with Crippen LogP contribution >= 0.6 is 0 Å². The molecule has 1 aromatic rings. The number of amides is 2. The number of aliphatic hydroxyl groups excluding tert-OH is 1. The SMILES string of the molecule is COCCNC(=O)c1ccc(NC2=C(C(=O)OC)CN(CCO)C2=O)cc1. The Hall–Kier alpha value is -2.91. The van der Waals surface area contributed by atoms with Crippen molar-refractivity contribution in [1.82, 2.24) is 10.2 Å². The fourth-order valence-electron chi connectivity index (χ4n) is 2.57. The van der Waals surface area contributed by atoms with E-state index in [-0.39, 0.29) is 36.9 Å². The number of aliphatic hydroxyl groups is 1. The number of hydrogen-bond acceptors (Lipinski definition) is 7. The normalized spacial score (nSPS) is 13.7. The van der Waals surface area contributed by atoms with Crippen LogP contribution in [-0.4, -0.2) is 74.9 Å². The Morgan fingerprint density at radius 1 is 1.22 bits per heavy atom. The molecule has 146 valence electrons. The highest BCUT2D eigenvalue weighted by Gasteiger charge is 2.34. The van der Waals surface area contributed by atoms with Crippen molar-refractivity contribution < 1.29 is 29.0 Å². The third kappa shape index (κ3) is 5.05. The van der Waals surface area contributed by atoms with Gasteiger partial charge in [0, 0.05) is 31.5 Å². The first kappa shape index (κ1) is 20.4. The molecule has 1 aliphatic heterocycles. The Balaban J connectivity index is 2.12. The van der Waals surface area contributed by atoms with Crippen molar-refractivity contribution in [1.29, 1.82) is 0 Å². The van der Waals surface area contributed by atoms with Crippen molar-refractivity contribution in [2.75, 3.05) is 52.4 Å². The van der Waals surface area contributed by atoms with Gasteiger partial charge in [-0.2, -0.15) is 0 Å². The second-order valence-corrected chi connectivity index (χ2v) is 5.75. The standard InChI is InChI=1S/C18H23N3O6/c1-26-10-7-19-16(23)12-3-5-13(6-4-12)20-15-14(18(25)27-2)11-21(8-9-22)17(15)24/h3-6,20,22H,7-11H2,1-2H3,(H,19,23). The molecule has 0 aromatic heterocycles. The molecule has 0 saturated heterocycles. The van der Waals surface area contributed by atoms with Gasteiger partial charge in [-0.1, -0.05) is 0 Å². The van der Waals surface area contributed by atoms with Gasteiger partial charge in [-0.25, -0.2) is 4.79 Å². The van der Waals surface area contributed by atoms with Crippen molar-refractivity contribution >= 4 is 23.5 Å². The second kappa shape index (κ2) is 9.70. The molecule has 0 saturated carbocycles. The lowest BCUT2D eigenvalue weighted by Gasteiger charge is -2.15. The predicted octanol–water partition coefficient (Wildman–Crippen LogP) is -0.264. The lowest BCUT2D eigenvalue weighted by molar-refractivity contribution is -0.136. The lowest BCUT2D eigenvalue weighted by Crippen LogP contribution is -2.31. The van der Waals surface area contributed by atoms with E-state index in [1.54, 1.807) is 31.4 Å². The van der Waals surface area contributed by atoms with Crippen molar-refractivity contribution in [3.8, 4) is 0 Å². The highest BCUT2D eigenvalue weighted by atomic mass is 16.5. The van der Waals surface area contributed by atoms with Gasteiger partial charge in [-0.05, 0) is 24.3 Å². The predicted molar refractivity (Wildman–Crippen MR) is 97.0 cm³/mol. The summed E-state index contributed by atoms with van der Waals surface area (Å²) in [5.74, 6) is -1.25.